The van der Waals surface area contributed by atoms with Crippen LogP contribution in [-0.4, -0.2) is 39.6 Å². The number of amides is 1. The summed E-state index contributed by atoms with van der Waals surface area (Å²) in [7, 11) is 0. The van der Waals surface area contributed by atoms with Gasteiger partial charge in [-0.25, -0.2) is 4.98 Å². The van der Waals surface area contributed by atoms with Gasteiger partial charge in [0.15, 0.2) is 5.78 Å². The fraction of sp³-hybridized carbons (Fsp3) is 0.182. The number of aromatic nitrogens is 2. The Morgan fingerprint density at radius 2 is 1.60 bits per heavy atom. The van der Waals surface area contributed by atoms with Crippen molar-refractivity contribution in [3.8, 4) is 11.5 Å². The highest BCUT2D eigenvalue weighted by atomic mass is 16.5. The molecule has 0 radical (unpaired) electrons. The number of nitrogen functional groups attached to an aromatic ring is 1. The van der Waals surface area contributed by atoms with E-state index in [1.54, 1.807) is 53.4 Å². The number of ether oxygens (including phenoxy) is 1. The molecule has 1 aliphatic heterocycles. The van der Waals surface area contributed by atoms with Gasteiger partial charge in [0.25, 0.3) is 11.5 Å². The highest BCUT2D eigenvalue weighted by molar-refractivity contribution is 5.95. The van der Waals surface area contributed by atoms with Crippen LogP contribution in [0.3, 0.4) is 0 Å². The topological polar surface area (TPSA) is 118 Å². The molecule has 8 heteroatoms. The van der Waals surface area contributed by atoms with Crippen LogP contribution in [0.4, 0.5) is 5.82 Å². The van der Waals surface area contributed by atoms with Crippen LogP contribution in [-0.2, 0) is 0 Å². The molecule has 1 fully saturated rings. The molecule has 152 valence electrons. The fourth-order valence-electron chi connectivity index (χ4n) is 3.25. The number of hydrogen-bond acceptors (Lipinski definition) is 6. The summed E-state index contributed by atoms with van der Waals surface area (Å²) in [5.74, 6) is 1.73. The molecule has 0 atom stereocenters. The molecule has 0 spiro atoms. The first-order valence-corrected chi connectivity index (χ1v) is 9.44. The number of H-pyrrole nitrogens is 1. The van der Waals surface area contributed by atoms with Gasteiger partial charge in [-0.05, 0) is 55.5 Å². The van der Waals surface area contributed by atoms with E-state index in [4.69, 9.17) is 10.5 Å². The summed E-state index contributed by atoms with van der Waals surface area (Å²) in [6.07, 6.45) is 0. The van der Waals surface area contributed by atoms with Crippen molar-refractivity contribution in [2.75, 3.05) is 18.8 Å². The van der Waals surface area contributed by atoms with Crippen molar-refractivity contribution in [2.24, 2.45) is 0 Å². The van der Waals surface area contributed by atoms with Gasteiger partial charge in [0.05, 0.1) is 5.92 Å². The van der Waals surface area contributed by atoms with E-state index >= 15 is 0 Å². The molecule has 2 heterocycles. The second-order valence-electron chi connectivity index (χ2n) is 7.17. The lowest BCUT2D eigenvalue weighted by molar-refractivity contribution is 0.0594. The summed E-state index contributed by atoms with van der Waals surface area (Å²) in [4.78, 5) is 44.0. The van der Waals surface area contributed by atoms with E-state index in [0.29, 0.717) is 41.5 Å². The van der Waals surface area contributed by atoms with Crippen LogP contribution >= 0.6 is 0 Å². The number of nitrogens with two attached hydrogens (primary N) is 1. The minimum Gasteiger partial charge on any atom is -0.457 e. The Labute approximate surface area is 172 Å². The van der Waals surface area contributed by atoms with E-state index in [-0.39, 0.29) is 29.0 Å². The van der Waals surface area contributed by atoms with Gasteiger partial charge in [0.2, 0.25) is 0 Å². The maximum absolute atomic E-state index is 12.6. The lowest BCUT2D eigenvalue weighted by Gasteiger charge is -2.38. The van der Waals surface area contributed by atoms with Gasteiger partial charge in [-0.15, -0.1) is 0 Å². The number of anilines is 1. The minimum absolute atomic E-state index is 0.00415. The van der Waals surface area contributed by atoms with Crippen LogP contribution in [0.15, 0.2) is 59.4 Å². The van der Waals surface area contributed by atoms with Crippen LogP contribution < -0.4 is 16.0 Å². The molecule has 3 N–H and O–H groups in total. The lowest BCUT2D eigenvalue weighted by atomic mass is 9.98. The molecule has 1 saturated heterocycles. The third-order valence-corrected chi connectivity index (χ3v) is 4.93. The molecule has 0 bridgehead atoms. The molecule has 8 nitrogen and oxygen atoms in total. The van der Waals surface area contributed by atoms with Crippen molar-refractivity contribution in [1.82, 2.24) is 14.9 Å². The highest BCUT2D eigenvalue weighted by Crippen LogP contribution is 2.27. The van der Waals surface area contributed by atoms with Crippen molar-refractivity contribution in [2.45, 2.75) is 12.8 Å². The van der Waals surface area contributed by atoms with Crippen molar-refractivity contribution in [3.63, 3.8) is 0 Å². The number of aromatic amines is 1. The van der Waals surface area contributed by atoms with Gasteiger partial charge in [0.1, 0.15) is 23.1 Å². The van der Waals surface area contributed by atoms with Gasteiger partial charge >= 0.3 is 0 Å². The molecule has 3 aromatic rings. The third kappa shape index (κ3) is 4.07. The van der Waals surface area contributed by atoms with Crippen molar-refractivity contribution < 1.29 is 14.3 Å². The Balaban J connectivity index is 1.36. The summed E-state index contributed by atoms with van der Waals surface area (Å²) in [6, 6.07) is 14.9. The number of rotatable bonds is 5. The molecule has 4 rings (SSSR count). The SMILES string of the molecule is CC(=O)c1ccc(Oc2ccc(C(=O)N3CC(c4nc(N)cc(=O)[nH]4)C3)cc2)cc1. The summed E-state index contributed by atoms with van der Waals surface area (Å²) >= 11 is 0. The third-order valence-electron chi connectivity index (χ3n) is 4.93. The number of carbonyl (C=O) groups is 2. The van der Waals surface area contributed by atoms with Crippen molar-refractivity contribution in [1.29, 1.82) is 0 Å². The number of hydrogen-bond donors (Lipinski definition) is 2. The predicted molar refractivity (Wildman–Crippen MR) is 111 cm³/mol. The zero-order chi connectivity index (χ0) is 21.3. The molecule has 2 aromatic carbocycles. The van der Waals surface area contributed by atoms with Gasteiger partial charge in [-0.3, -0.25) is 14.4 Å². The molecule has 30 heavy (non-hydrogen) atoms. The monoisotopic (exact) mass is 404 g/mol. The van der Waals surface area contributed by atoms with E-state index < -0.39 is 0 Å². The quantitative estimate of drug-likeness (QED) is 0.631. The van der Waals surface area contributed by atoms with Crippen LogP contribution in [0.1, 0.15) is 39.4 Å². The maximum atomic E-state index is 12.6. The Kier molecular flexibility index (Phi) is 5.05. The number of nitrogens with zero attached hydrogens (tertiary/aromatic N) is 2. The Hall–Kier alpha value is -3.94. The minimum atomic E-state index is -0.297. The molecular weight excluding hydrogens is 384 g/mol. The Morgan fingerprint density at radius 3 is 2.13 bits per heavy atom. The van der Waals surface area contributed by atoms with Gasteiger partial charge in [-0.1, -0.05) is 0 Å². The summed E-state index contributed by atoms with van der Waals surface area (Å²) < 4.78 is 5.76. The average Bonchev–Trinajstić information content (AvgIpc) is 2.67. The summed E-state index contributed by atoms with van der Waals surface area (Å²) in [5.41, 5.74) is 6.48. The molecule has 1 aliphatic rings. The van der Waals surface area contributed by atoms with Crippen LogP contribution in [0.5, 0.6) is 11.5 Å². The fourth-order valence-corrected chi connectivity index (χ4v) is 3.25. The zero-order valence-corrected chi connectivity index (χ0v) is 16.3. The second kappa shape index (κ2) is 7.82. The zero-order valence-electron chi connectivity index (χ0n) is 16.3. The van der Waals surface area contributed by atoms with Gasteiger partial charge in [-0.2, -0.15) is 0 Å². The Morgan fingerprint density at radius 1 is 1.03 bits per heavy atom. The lowest BCUT2D eigenvalue weighted by Crippen LogP contribution is -2.49. The number of ketones is 1. The van der Waals surface area contributed by atoms with Gasteiger partial charge < -0.3 is 20.4 Å². The van der Waals surface area contributed by atoms with Crippen molar-refractivity contribution in [3.05, 3.63) is 81.9 Å². The van der Waals surface area contributed by atoms with Crippen LogP contribution in [0.25, 0.3) is 0 Å². The molecule has 1 aromatic heterocycles. The first-order valence-electron chi connectivity index (χ1n) is 9.44. The van der Waals surface area contributed by atoms with E-state index in [9.17, 15) is 14.4 Å². The summed E-state index contributed by atoms with van der Waals surface area (Å²) in [5, 5.41) is 0. The number of Topliss-reactive ketones (excluding diaryl/α,β-unsaturated/α-hetero) is 1. The number of benzene rings is 2. The van der Waals surface area contributed by atoms with Crippen LogP contribution in [0.2, 0.25) is 0 Å². The summed E-state index contributed by atoms with van der Waals surface area (Å²) in [6.45, 7) is 2.44. The van der Waals surface area contributed by atoms with E-state index in [0.717, 1.165) is 0 Å². The van der Waals surface area contributed by atoms with Crippen LogP contribution in [0, 0.1) is 0 Å². The first-order chi connectivity index (χ1) is 14.4. The smallest absolute Gasteiger partial charge is 0.253 e. The second-order valence-corrected chi connectivity index (χ2v) is 7.17. The average molecular weight is 404 g/mol. The van der Waals surface area contributed by atoms with Gasteiger partial charge in [0, 0.05) is 30.3 Å². The van der Waals surface area contributed by atoms with E-state index in [1.165, 1.54) is 13.0 Å². The largest absolute Gasteiger partial charge is 0.457 e. The molecule has 0 unspecified atom stereocenters. The van der Waals surface area contributed by atoms with E-state index in [1.807, 2.05) is 0 Å². The standard InChI is InChI=1S/C22H20N4O4/c1-13(27)14-2-6-17(7-3-14)30-18-8-4-15(5-9-18)22(29)26-11-16(12-26)21-24-19(23)10-20(28)25-21/h2-10,16H,11-12H2,1H3,(H3,23,24,25,28). The Bertz CT molecular complexity index is 1150. The first kappa shape index (κ1) is 19.4. The number of nitrogens with one attached hydrogen (secondary N) is 1. The predicted octanol–water partition coefficient (Wildman–Crippen LogP) is 2.59. The maximum Gasteiger partial charge on any atom is 0.253 e. The molecular formula is C22H20N4O4. The van der Waals surface area contributed by atoms with E-state index in [2.05, 4.69) is 9.97 Å². The number of carbonyl (C=O) groups excluding carboxylic acids is 2. The van der Waals surface area contributed by atoms with Crippen molar-refractivity contribution >= 4 is 17.5 Å². The normalized spacial score (nSPS) is 13.6. The molecule has 0 saturated carbocycles. The highest BCUT2D eigenvalue weighted by Gasteiger charge is 2.34. The molecule has 1 amide bonds. The molecule has 0 aliphatic carbocycles. The number of likely N-dealkylation sites (tertiary alicyclic amines) is 1.